The maximum Gasteiger partial charge on any atom is 0.158 e. The summed E-state index contributed by atoms with van der Waals surface area (Å²) in [6.07, 6.45) is 7.38. The molecular weight excluding hydrogens is 126 g/mol. The van der Waals surface area contributed by atoms with Gasteiger partial charge in [-0.2, -0.15) is 0 Å². The van der Waals surface area contributed by atoms with Gasteiger partial charge in [-0.05, 0) is 17.7 Å². The first-order valence-corrected chi connectivity index (χ1v) is 3.46. The first-order valence-electron chi connectivity index (χ1n) is 3.46. The van der Waals surface area contributed by atoms with E-state index >= 15 is 0 Å². The zero-order chi connectivity index (χ0) is 6.55. The molecule has 3 rings (SSSR count). The molecule has 2 heteroatoms. The Morgan fingerprint density at radius 3 is 3.60 bits per heavy atom. The Labute approximate surface area is 58.9 Å². The third-order valence-electron chi connectivity index (χ3n) is 2.07. The lowest BCUT2D eigenvalue weighted by molar-refractivity contribution is 0.211. The van der Waals surface area contributed by atoms with Gasteiger partial charge in [0.25, 0.3) is 0 Å². The van der Waals surface area contributed by atoms with Crippen LogP contribution in [-0.2, 0) is 4.74 Å². The molecule has 3 bridgehead atoms. The molecule has 0 saturated heterocycles. The lowest BCUT2D eigenvalue weighted by Crippen LogP contribution is -2.21. The molecule has 0 amide bonds. The normalized spacial score (nSPS) is 32.0. The van der Waals surface area contributed by atoms with Crippen LogP contribution >= 0.6 is 0 Å². The molecule has 2 nitrogen and oxygen atoms in total. The Morgan fingerprint density at radius 1 is 1.60 bits per heavy atom. The van der Waals surface area contributed by atoms with Gasteiger partial charge in [0.15, 0.2) is 6.10 Å². The molecule has 0 saturated carbocycles. The number of fused-ring (bicyclic) bond motifs is 2. The first-order chi connectivity index (χ1) is 4.92. The van der Waals surface area contributed by atoms with Crippen molar-refractivity contribution in [1.29, 1.82) is 0 Å². The van der Waals surface area contributed by atoms with Crippen molar-refractivity contribution in [2.24, 2.45) is 0 Å². The monoisotopic (exact) mass is 133 g/mol. The van der Waals surface area contributed by atoms with Crippen LogP contribution < -0.4 is 5.32 Å². The predicted molar refractivity (Wildman–Crippen MR) is 36.9 cm³/mol. The van der Waals surface area contributed by atoms with Gasteiger partial charge in [0.2, 0.25) is 0 Å². The molecule has 0 fully saturated rings. The lowest BCUT2D eigenvalue weighted by Gasteiger charge is -2.20. The molecule has 3 aliphatic rings. The molecule has 0 aromatic carbocycles. The van der Waals surface area contributed by atoms with Gasteiger partial charge in [-0.1, -0.05) is 0 Å². The Bertz CT molecular complexity index is 286. The molecule has 1 unspecified atom stereocenters. The van der Waals surface area contributed by atoms with Gasteiger partial charge in [0.05, 0.1) is 12.0 Å². The standard InChI is InChI=1S/C8H7NO/c1-5-2-7-8(10-4-5)3-6(1)9-7/h2-4,8-9H,1H2. The summed E-state index contributed by atoms with van der Waals surface area (Å²) >= 11 is 0. The molecule has 0 aromatic rings. The van der Waals surface area contributed by atoms with E-state index in [0.29, 0.717) is 0 Å². The second-order valence-electron chi connectivity index (χ2n) is 2.84. The summed E-state index contributed by atoms with van der Waals surface area (Å²) < 4.78 is 5.39. The van der Waals surface area contributed by atoms with E-state index in [4.69, 9.17) is 4.74 Å². The molecule has 0 aromatic heterocycles. The van der Waals surface area contributed by atoms with Crippen LogP contribution in [-0.4, -0.2) is 6.10 Å². The highest BCUT2D eigenvalue weighted by Crippen LogP contribution is 2.32. The van der Waals surface area contributed by atoms with Crippen LogP contribution in [0.5, 0.6) is 0 Å². The van der Waals surface area contributed by atoms with Crippen LogP contribution in [0.1, 0.15) is 6.42 Å². The molecule has 0 radical (unpaired) electrons. The second kappa shape index (κ2) is 1.29. The van der Waals surface area contributed by atoms with Crippen LogP contribution in [0.4, 0.5) is 0 Å². The van der Waals surface area contributed by atoms with E-state index in [2.05, 4.69) is 17.5 Å². The van der Waals surface area contributed by atoms with Crippen molar-refractivity contribution in [1.82, 2.24) is 5.32 Å². The SMILES string of the molecule is C1=C2C=C3NC(=CC3O1)C2. The second-order valence-corrected chi connectivity index (χ2v) is 2.84. The zero-order valence-electron chi connectivity index (χ0n) is 5.42. The van der Waals surface area contributed by atoms with Crippen molar-refractivity contribution < 1.29 is 4.74 Å². The minimum atomic E-state index is 0.196. The summed E-state index contributed by atoms with van der Waals surface area (Å²) in [5.41, 5.74) is 3.79. The number of hydrogen-bond donors (Lipinski definition) is 1. The Kier molecular flexibility index (Phi) is 0.592. The number of ether oxygens (including phenoxy) is 1. The Balaban J connectivity index is 2.27. The van der Waals surface area contributed by atoms with E-state index in [-0.39, 0.29) is 6.10 Å². The van der Waals surface area contributed by atoms with E-state index in [1.165, 1.54) is 17.0 Å². The highest BCUT2D eigenvalue weighted by molar-refractivity contribution is 5.44. The summed E-state index contributed by atoms with van der Waals surface area (Å²) in [6, 6.07) is 0. The number of allylic oxidation sites excluding steroid dienone is 2. The number of hydrogen-bond acceptors (Lipinski definition) is 2. The van der Waals surface area contributed by atoms with Crippen LogP contribution in [0.15, 0.2) is 35.4 Å². The molecule has 50 valence electrons. The van der Waals surface area contributed by atoms with E-state index in [0.717, 1.165) is 6.42 Å². The zero-order valence-corrected chi connectivity index (χ0v) is 5.42. The quantitative estimate of drug-likeness (QED) is 0.533. The van der Waals surface area contributed by atoms with Crippen molar-refractivity contribution in [2.75, 3.05) is 0 Å². The highest BCUT2D eigenvalue weighted by atomic mass is 16.5. The van der Waals surface area contributed by atoms with Crippen molar-refractivity contribution in [3.05, 3.63) is 35.4 Å². The van der Waals surface area contributed by atoms with E-state index in [9.17, 15) is 0 Å². The molecule has 3 aliphatic heterocycles. The third-order valence-corrected chi connectivity index (χ3v) is 2.07. The smallest absolute Gasteiger partial charge is 0.158 e. The van der Waals surface area contributed by atoms with Gasteiger partial charge < -0.3 is 10.1 Å². The number of rotatable bonds is 0. The topological polar surface area (TPSA) is 21.3 Å². The van der Waals surface area contributed by atoms with Crippen LogP contribution in [0.3, 0.4) is 0 Å². The lowest BCUT2D eigenvalue weighted by atomic mass is 10.1. The number of nitrogens with one attached hydrogen (secondary N) is 1. The van der Waals surface area contributed by atoms with Gasteiger partial charge in [-0.15, -0.1) is 0 Å². The molecule has 0 aliphatic carbocycles. The molecule has 1 N–H and O–H groups in total. The van der Waals surface area contributed by atoms with Crippen LogP contribution in [0.2, 0.25) is 0 Å². The van der Waals surface area contributed by atoms with Crippen molar-refractivity contribution >= 4 is 0 Å². The predicted octanol–water partition coefficient (Wildman–Crippen LogP) is 1.04. The minimum Gasteiger partial charge on any atom is -0.487 e. The van der Waals surface area contributed by atoms with Crippen LogP contribution in [0, 0.1) is 0 Å². The van der Waals surface area contributed by atoms with Crippen LogP contribution in [0.25, 0.3) is 0 Å². The average molecular weight is 133 g/mol. The maximum absolute atomic E-state index is 5.39. The van der Waals surface area contributed by atoms with E-state index < -0.39 is 0 Å². The molecule has 0 spiro atoms. The summed E-state index contributed by atoms with van der Waals surface area (Å²) in [4.78, 5) is 0. The summed E-state index contributed by atoms with van der Waals surface area (Å²) in [7, 11) is 0. The Morgan fingerprint density at radius 2 is 2.60 bits per heavy atom. The van der Waals surface area contributed by atoms with Gasteiger partial charge in [-0.3, -0.25) is 0 Å². The fourth-order valence-corrected chi connectivity index (χ4v) is 1.61. The molecule has 3 heterocycles. The van der Waals surface area contributed by atoms with Crippen molar-refractivity contribution in [2.45, 2.75) is 12.5 Å². The summed E-state index contributed by atoms with van der Waals surface area (Å²) in [5.74, 6) is 0. The van der Waals surface area contributed by atoms with Gasteiger partial charge in [-0.25, -0.2) is 0 Å². The van der Waals surface area contributed by atoms with Gasteiger partial charge in [0, 0.05) is 12.1 Å². The van der Waals surface area contributed by atoms with Gasteiger partial charge >= 0.3 is 0 Å². The van der Waals surface area contributed by atoms with Crippen molar-refractivity contribution in [3.63, 3.8) is 0 Å². The molecule has 10 heavy (non-hydrogen) atoms. The third kappa shape index (κ3) is 0.407. The van der Waals surface area contributed by atoms with Gasteiger partial charge in [0.1, 0.15) is 0 Å². The van der Waals surface area contributed by atoms with E-state index in [1.54, 1.807) is 0 Å². The highest BCUT2D eigenvalue weighted by Gasteiger charge is 2.29. The fraction of sp³-hybridized carbons (Fsp3) is 0.250. The average Bonchev–Trinajstić information content (AvgIpc) is 2.11. The molecular formula is C8H7NO. The Hall–Kier alpha value is -1.18. The minimum absolute atomic E-state index is 0.196. The first kappa shape index (κ1) is 4.61. The maximum atomic E-state index is 5.39. The van der Waals surface area contributed by atoms with E-state index in [1.807, 2.05) is 6.26 Å². The summed E-state index contributed by atoms with van der Waals surface area (Å²) in [6.45, 7) is 0. The largest absolute Gasteiger partial charge is 0.487 e. The van der Waals surface area contributed by atoms with Crippen molar-refractivity contribution in [3.8, 4) is 0 Å². The summed E-state index contributed by atoms with van der Waals surface area (Å²) in [5, 5.41) is 3.28. The fourth-order valence-electron chi connectivity index (χ4n) is 1.61. The molecule has 1 atom stereocenters.